The zero-order valence-corrected chi connectivity index (χ0v) is 35.9. The number of aromatic nitrogens is 3. The third kappa shape index (κ3) is 10.0. The van der Waals surface area contributed by atoms with Gasteiger partial charge in [-0.2, -0.15) is 0 Å². The summed E-state index contributed by atoms with van der Waals surface area (Å²) < 4.78 is 38.0. The quantitative estimate of drug-likeness (QED) is 0.0773. The van der Waals surface area contributed by atoms with Crippen molar-refractivity contribution < 1.29 is 52.4 Å². The number of ether oxygens (including phenoxy) is 6. The molecule has 3 atom stereocenters. The highest BCUT2D eigenvalue weighted by atomic mass is 16.7. The number of imidazole rings is 1. The van der Waals surface area contributed by atoms with Crippen molar-refractivity contribution >= 4 is 47.0 Å². The monoisotopic (exact) mass is 867 g/mol. The van der Waals surface area contributed by atoms with Crippen LogP contribution >= 0.6 is 0 Å². The van der Waals surface area contributed by atoms with Crippen LogP contribution in [0.4, 0.5) is 22.0 Å². The van der Waals surface area contributed by atoms with Crippen molar-refractivity contribution in [1.29, 1.82) is 0 Å². The summed E-state index contributed by atoms with van der Waals surface area (Å²) in [5.41, 5.74) is 3.07. The molecule has 3 aliphatic rings. The fourth-order valence-corrected chi connectivity index (χ4v) is 8.01. The molecular weight excluding hydrogens is 815 g/mol. The summed E-state index contributed by atoms with van der Waals surface area (Å²) in [6.45, 7) is 4.73. The Morgan fingerprint density at radius 2 is 1.73 bits per heavy atom. The Morgan fingerprint density at radius 3 is 2.46 bits per heavy atom. The summed E-state index contributed by atoms with van der Waals surface area (Å²) in [6, 6.07) is 11.5. The maximum Gasteiger partial charge on any atom is 0.416 e. The van der Waals surface area contributed by atoms with Crippen molar-refractivity contribution in [3.63, 3.8) is 0 Å². The largest absolute Gasteiger partial charge is 0.493 e. The Labute approximate surface area is 365 Å². The van der Waals surface area contributed by atoms with E-state index >= 15 is 0 Å². The number of fused-ring (bicyclic) bond motifs is 2. The van der Waals surface area contributed by atoms with Gasteiger partial charge in [-0.15, -0.1) is 0 Å². The molecule has 0 bridgehead atoms. The molecule has 18 nitrogen and oxygen atoms in total. The lowest BCUT2D eigenvalue weighted by atomic mass is 10.00. The van der Waals surface area contributed by atoms with Gasteiger partial charge in [-0.25, -0.2) is 19.5 Å². The van der Waals surface area contributed by atoms with E-state index in [0.717, 1.165) is 36.8 Å². The molecule has 0 saturated carbocycles. The van der Waals surface area contributed by atoms with Gasteiger partial charge in [0, 0.05) is 63.4 Å². The first-order chi connectivity index (χ1) is 30.5. The lowest BCUT2D eigenvalue weighted by Gasteiger charge is -2.42. The molecule has 1 unspecified atom stereocenters. The average molecular weight is 868 g/mol. The Morgan fingerprint density at radius 1 is 0.937 bits per heavy atom. The van der Waals surface area contributed by atoms with Crippen molar-refractivity contribution in [2.75, 3.05) is 56.1 Å². The smallest absolute Gasteiger partial charge is 0.416 e. The van der Waals surface area contributed by atoms with Gasteiger partial charge in [-0.1, -0.05) is 24.8 Å². The Kier molecular flexibility index (Phi) is 14.1. The first-order valence-corrected chi connectivity index (χ1v) is 21.0. The van der Waals surface area contributed by atoms with Crippen LogP contribution in [0.2, 0.25) is 0 Å². The highest BCUT2D eigenvalue weighted by Crippen LogP contribution is 2.42. The maximum absolute atomic E-state index is 14.2. The first kappa shape index (κ1) is 44.4. The highest BCUT2D eigenvalue weighted by molar-refractivity contribution is 6.06. The molecule has 18 heteroatoms. The van der Waals surface area contributed by atoms with Crippen molar-refractivity contribution in [2.24, 2.45) is 14.1 Å². The van der Waals surface area contributed by atoms with E-state index in [-0.39, 0.29) is 72.3 Å². The summed E-state index contributed by atoms with van der Waals surface area (Å²) in [4.78, 5) is 73.9. The number of anilines is 3. The number of hydrogen-bond donors (Lipinski definition) is 2. The van der Waals surface area contributed by atoms with Gasteiger partial charge in [-0.05, 0) is 74.8 Å². The number of carbonyl (C=O) groups excluding carboxylic acids is 5. The number of carbonyl (C=O) groups is 5. The Bertz CT molecular complexity index is 2330. The molecule has 5 heterocycles. The Balaban J connectivity index is 0.994. The first-order valence-electron chi connectivity index (χ1n) is 21.0. The van der Waals surface area contributed by atoms with Gasteiger partial charge in [0.2, 0.25) is 11.7 Å². The second-order valence-electron chi connectivity index (χ2n) is 15.4. The zero-order chi connectivity index (χ0) is 44.6. The van der Waals surface area contributed by atoms with Crippen LogP contribution in [-0.4, -0.2) is 108 Å². The molecule has 2 fully saturated rings. The van der Waals surface area contributed by atoms with Crippen LogP contribution in [0.1, 0.15) is 82.8 Å². The molecule has 63 heavy (non-hydrogen) atoms. The minimum atomic E-state index is -0.907. The Hall–Kier alpha value is -6.66. The average Bonchev–Trinajstić information content (AvgIpc) is 3.85. The van der Waals surface area contributed by atoms with E-state index in [1.807, 2.05) is 18.3 Å². The fraction of sp³-hybridized carbons (Fsp3) is 0.422. The van der Waals surface area contributed by atoms with E-state index in [1.165, 1.54) is 29.8 Å². The van der Waals surface area contributed by atoms with Crippen LogP contribution in [0.25, 0.3) is 11.1 Å². The summed E-state index contributed by atoms with van der Waals surface area (Å²) in [5, 5.41) is 5.56. The summed E-state index contributed by atoms with van der Waals surface area (Å²) in [5.74, 6) is -0.739. The van der Waals surface area contributed by atoms with Crippen LogP contribution < -0.4 is 25.0 Å². The molecule has 2 aromatic heterocycles. The molecule has 2 saturated heterocycles. The number of esters is 1. The number of benzene rings is 2. The van der Waals surface area contributed by atoms with Crippen LogP contribution in [0.15, 0.2) is 67.5 Å². The molecule has 334 valence electrons. The van der Waals surface area contributed by atoms with Gasteiger partial charge < -0.3 is 53.1 Å². The van der Waals surface area contributed by atoms with Crippen molar-refractivity contribution in [1.82, 2.24) is 19.0 Å². The van der Waals surface area contributed by atoms with Crippen LogP contribution in [0.5, 0.6) is 11.5 Å². The number of hydrogen-bond acceptors (Lipinski definition) is 12. The topological polar surface area (TPSA) is 194 Å². The van der Waals surface area contributed by atoms with Crippen molar-refractivity contribution in [3.8, 4) is 22.6 Å². The maximum atomic E-state index is 14.2. The van der Waals surface area contributed by atoms with E-state index in [1.54, 1.807) is 60.1 Å². The third-order valence-corrected chi connectivity index (χ3v) is 11.1. The van der Waals surface area contributed by atoms with Gasteiger partial charge in [0.25, 0.3) is 11.8 Å². The second-order valence-corrected chi connectivity index (χ2v) is 15.4. The predicted molar refractivity (Wildman–Crippen MR) is 231 cm³/mol. The lowest BCUT2D eigenvalue weighted by molar-refractivity contribution is -0.198. The van der Waals surface area contributed by atoms with Crippen molar-refractivity contribution in [3.05, 3.63) is 84.6 Å². The lowest BCUT2D eigenvalue weighted by Crippen LogP contribution is -2.57. The van der Waals surface area contributed by atoms with Gasteiger partial charge in [0.05, 0.1) is 38.1 Å². The summed E-state index contributed by atoms with van der Waals surface area (Å²) in [7, 11) is 6.19. The molecular formula is C45H53N7O11. The fourth-order valence-electron chi connectivity index (χ4n) is 8.01. The number of methoxy groups -OCH3 is 2. The molecule has 3 aliphatic heterocycles. The number of rotatable bonds is 15. The number of nitrogens with one attached hydrogen (secondary N) is 2. The number of piperidine rings is 1. The van der Waals surface area contributed by atoms with E-state index in [9.17, 15) is 24.0 Å². The van der Waals surface area contributed by atoms with Gasteiger partial charge in [0.1, 0.15) is 12.3 Å². The van der Waals surface area contributed by atoms with Gasteiger partial charge in [-0.3, -0.25) is 14.4 Å². The summed E-state index contributed by atoms with van der Waals surface area (Å²) in [6.07, 6.45) is 7.71. The standard InChI is InChI=1S/C45H53N7O11/c1-6-20-62-45(57)52-33-25-36(35(58-4)24-31(33)42(55)51-19-9-7-12-32(51)43(52)63-39-14-8-10-21-61-39)60-22-11-13-38(53)47-37-27-50(3)40(48-37)41(54)46-30-17-15-28(16-18-30)29-23-34(44(56)59-5)49(2)26-29/h6,15-18,23-27,32,39,43H,1,7-14,19-22H2,2-5H3,(H,46,54)(H,47,53)/t32-,39?,43-/m0/s1. The molecule has 2 aromatic carbocycles. The molecule has 0 spiro atoms. The predicted octanol–water partition coefficient (Wildman–Crippen LogP) is 6.28. The minimum Gasteiger partial charge on any atom is -0.493 e. The second kappa shape index (κ2) is 20.0. The zero-order valence-electron chi connectivity index (χ0n) is 35.9. The van der Waals surface area contributed by atoms with E-state index < -0.39 is 36.5 Å². The summed E-state index contributed by atoms with van der Waals surface area (Å²) >= 11 is 0. The minimum absolute atomic E-state index is 0.0483. The number of nitrogens with zero attached hydrogens (tertiary/aromatic N) is 5. The molecule has 4 amide bonds. The van der Waals surface area contributed by atoms with Crippen LogP contribution in [0, 0.1) is 0 Å². The van der Waals surface area contributed by atoms with Crippen LogP contribution in [0.3, 0.4) is 0 Å². The third-order valence-electron chi connectivity index (χ3n) is 11.1. The SMILES string of the molecule is C=CCOC(=O)N1c2cc(OCCCC(=O)Nc3cn(C)c(C(=O)Nc4ccc(-c5cc(C(=O)OC)n(C)c5)cc4)n3)c(OC)cc2C(=O)N2CCCC[C@H]2[C@@H]1OC1CCCCO1. The number of aryl methyl sites for hydroxylation is 2. The van der Waals surface area contributed by atoms with E-state index in [0.29, 0.717) is 37.4 Å². The number of amides is 4. The van der Waals surface area contributed by atoms with E-state index in [2.05, 4.69) is 22.2 Å². The molecule has 7 rings (SSSR count). The van der Waals surface area contributed by atoms with Gasteiger partial charge >= 0.3 is 12.1 Å². The molecule has 4 aromatic rings. The molecule has 0 aliphatic carbocycles. The normalized spacial score (nSPS) is 18.3. The van der Waals surface area contributed by atoms with Gasteiger partial charge in [0.15, 0.2) is 29.8 Å². The van der Waals surface area contributed by atoms with E-state index in [4.69, 9.17) is 28.4 Å². The molecule has 2 N–H and O–H groups in total. The van der Waals surface area contributed by atoms with Crippen LogP contribution in [-0.2, 0) is 37.8 Å². The highest BCUT2D eigenvalue weighted by Gasteiger charge is 2.47. The molecule has 0 radical (unpaired) electrons. The van der Waals surface area contributed by atoms with Crippen molar-refractivity contribution in [2.45, 2.75) is 69.9 Å².